The second-order valence-corrected chi connectivity index (χ2v) is 8.39. The molecule has 1 amide bonds. The molecule has 1 aromatic heterocycles. The van der Waals surface area contributed by atoms with Gasteiger partial charge in [0.1, 0.15) is 12.4 Å². The zero-order valence-electron chi connectivity index (χ0n) is 18.9. The van der Waals surface area contributed by atoms with E-state index in [1.165, 1.54) is 11.8 Å². The normalized spacial score (nSPS) is 10.9. The van der Waals surface area contributed by atoms with Crippen molar-refractivity contribution in [1.29, 1.82) is 0 Å². The van der Waals surface area contributed by atoms with Crippen molar-refractivity contribution >= 4 is 23.4 Å². The van der Waals surface area contributed by atoms with Crippen molar-refractivity contribution < 1.29 is 9.53 Å². The molecule has 6 nitrogen and oxygen atoms in total. The summed E-state index contributed by atoms with van der Waals surface area (Å²) in [5, 5.41) is 12.4. The standard InChI is InChI=1S/C24H30N4O2S/c1-6-19-13-9-10-16(3)22(19)25-21(29)15-31-24-27-26-20(28(24)7-2)14-30-23-17(4)11-8-12-18(23)5/h8-13H,6-7,14-15H2,1-5H3,(H,25,29). The van der Waals surface area contributed by atoms with Crippen molar-refractivity contribution in [2.45, 2.75) is 59.3 Å². The van der Waals surface area contributed by atoms with Crippen molar-refractivity contribution in [2.75, 3.05) is 11.1 Å². The number of thioether (sulfide) groups is 1. The number of ether oxygens (including phenoxy) is 1. The Hall–Kier alpha value is -2.80. The molecule has 1 heterocycles. The van der Waals surface area contributed by atoms with Gasteiger partial charge in [-0.25, -0.2) is 0 Å². The van der Waals surface area contributed by atoms with E-state index in [1.54, 1.807) is 0 Å². The molecule has 164 valence electrons. The van der Waals surface area contributed by atoms with Gasteiger partial charge in [0, 0.05) is 12.2 Å². The van der Waals surface area contributed by atoms with Gasteiger partial charge in [0.25, 0.3) is 0 Å². The molecule has 0 radical (unpaired) electrons. The predicted molar refractivity (Wildman–Crippen MR) is 126 cm³/mol. The summed E-state index contributed by atoms with van der Waals surface area (Å²) in [5.74, 6) is 1.85. The van der Waals surface area contributed by atoms with Crippen LogP contribution >= 0.6 is 11.8 Å². The van der Waals surface area contributed by atoms with Crippen LogP contribution in [0.2, 0.25) is 0 Å². The molecule has 0 aliphatic heterocycles. The molecule has 0 aliphatic carbocycles. The number of aromatic nitrogens is 3. The van der Waals surface area contributed by atoms with E-state index in [0.29, 0.717) is 13.2 Å². The molecule has 0 saturated heterocycles. The van der Waals surface area contributed by atoms with Gasteiger partial charge >= 0.3 is 0 Å². The fourth-order valence-corrected chi connectivity index (χ4v) is 4.34. The van der Waals surface area contributed by atoms with Crippen LogP contribution in [-0.2, 0) is 24.4 Å². The van der Waals surface area contributed by atoms with Crippen LogP contribution in [0.1, 0.15) is 41.9 Å². The first-order chi connectivity index (χ1) is 14.9. The first kappa shape index (κ1) is 22.9. The SMILES string of the molecule is CCc1cccc(C)c1NC(=O)CSc1nnc(COc2c(C)cccc2C)n1CC. The Bertz CT molecular complexity index is 1040. The van der Waals surface area contributed by atoms with Crippen LogP contribution in [0, 0.1) is 20.8 Å². The molecule has 1 N–H and O–H groups in total. The van der Waals surface area contributed by atoms with Crippen molar-refractivity contribution in [3.05, 3.63) is 64.5 Å². The van der Waals surface area contributed by atoms with Gasteiger partial charge < -0.3 is 14.6 Å². The number of carbonyl (C=O) groups excluding carboxylic acids is 1. The number of hydrogen-bond acceptors (Lipinski definition) is 5. The van der Waals surface area contributed by atoms with E-state index in [0.717, 1.165) is 51.1 Å². The van der Waals surface area contributed by atoms with Gasteiger partial charge in [0.15, 0.2) is 11.0 Å². The number of amides is 1. The van der Waals surface area contributed by atoms with E-state index in [2.05, 4.69) is 22.4 Å². The summed E-state index contributed by atoms with van der Waals surface area (Å²) < 4.78 is 8.04. The summed E-state index contributed by atoms with van der Waals surface area (Å²) in [6.07, 6.45) is 0.873. The van der Waals surface area contributed by atoms with Gasteiger partial charge in [-0.1, -0.05) is 55.1 Å². The number of hydrogen-bond donors (Lipinski definition) is 1. The van der Waals surface area contributed by atoms with E-state index < -0.39 is 0 Å². The van der Waals surface area contributed by atoms with Crippen molar-refractivity contribution in [3.8, 4) is 5.75 Å². The summed E-state index contributed by atoms with van der Waals surface area (Å²) >= 11 is 1.39. The van der Waals surface area contributed by atoms with Crippen LogP contribution in [0.5, 0.6) is 5.75 Å². The second-order valence-electron chi connectivity index (χ2n) is 7.45. The van der Waals surface area contributed by atoms with Gasteiger partial charge in [0.05, 0.1) is 5.75 Å². The third-order valence-corrected chi connectivity index (χ3v) is 6.17. The van der Waals surface area contributed by atoms with Gasteiger partial charge in [-0.15, -0.1) is 10.2 Å². The number of benzene rings is 2. The molecule has 3 aromatic rings. The topological polar surface area (TPSA) is 69.0 Å². The Balaban J connectivity index is 1.64. The minimum Gasteiger partial charge on any atom is -0.485 e. The first-order valence-corrected chi connectivity index (χ1v) is 11.5. The highest BCUT2D eigenvalue weighted by atomic mass is 32.2. The molecule has 0 fully saturated rings. The van der Waals surface area contributed by atoms with Gasteiger partial charge in [-0.05, 0) is 56.4 Å². The smallest absolute Gasteiger partial charge is 0.234 e. The van der Waals surface area contributed by atoms with E-state index in [1.807, 2.05) is 68.7 Å². The number of aryl methyl sites for hydroxylation is 4. The van der Waals surface area contributed by atoms with Crippen LogP contribution in [0.4, 0.5) is 5.69 Å². The lowest BCUT2D eigenvalue weighted by Crippen LogP contribution is -2.17. The van der Waals surface area contributed by atoms with Crippen LogP contribution in [-0.4, -0.2) is 26.4 Å². The van der Waals surface area contributed by atoms with Crippen LogP contribution in [0.25, 0.3) is 0 Å². The minimum absolute atomic E-state index is 0.0482. The number of carbonyl (C=O) groups is 1. The Kier molecular flexibility index (Phi) is 7.74. The Labute approximate surface area is 188 Å². The lowest BCUT2D eigenvalue weighted by molar-refractivity contribution is -0.113. The molecule has 0 spiro atoms. The molecule has 0 bridgehead atoms. The Morgan fingerprint density at radius 3 is 2.39 bits per heavy atom. The number of nitrogens with one attached hydrogen (secondary N) is 1. The molecule has 2 aromatic carbocycles. The summed E-state index contributed by atoms with van der Waals surface area (Å²) in [6.45, 7) is 11.2. The molecule has 7 heteroatoms. The van der Waals surface area contributed by atoms with E-state index in [9.17, 15) is 4.79 Å². The Morgan fingerprint density at radius 2 is 1.71 bits per heavy atom. The monoisotopic (exact) mass is 438 g/mol. The molecule has 0 aliphatic rings. The third kappa shape index (κ3) is 5.47. The third-order valence-electron chi connectivity index (χ3n) is 5.20. The molecular weight excluding hydrogens is 408 g/mol. The number of nitrogens with zero attached hydrogens (tertiary/aromatic N) is 3. The maximum atomic E-state index is 12.6. The summed E-state index contributed by atoms with van der Waals surface area (Å²) in [7, 11) is 0. The highest BCUT2D eigenvalue weighted by Gasteiger charge is 2.15. The lowest BCUT2D eigenvalue weighted by atomic mass is 10.1. The maximum Gasteiger partial charge on any atom is 0.234 e. The first-order valence-electron chi connectivity index (χ1n) is 10.6. The molecule has 0 saturated carbocycles. The van der Waals surface area contributed by atoms with E-state index >= 15 is 0 Å². The molecule has 0 atom stereocenters. The molecule has 3 rings (SSSR count). The van der Waals surface area contributed by atoms with Crippen molar-refractivity contribution in [2.24, 2.45) is 0 Å². The van der Waals surface area contributed by atoms with Crippen molar-refractivity contribution in [3.63, 3.8) is 0 Å². The number of anilines is 1. The van der Waals surface area contributed by atoms with Crippen LogP contribution < -0.4 is 10.1 Å². The van der Waals surface area contributed by atoms with Crippen LogP contribution in [0.3, 0.4) is 0 Å². The number of para-hydroxylation sites is 2. The molecule has 0 unspecified atom stereocenters. The second kappa shape index (κ2) is 10.5. The Morgan fingerprint density at radius 1 is 1.03 bits per heavy atom. The lowest BCUT2D eigenvalue weighted by Gasteiger charge is -2.13. The van der Waals surface area contributed by atoms with Gasteiger partial charge in [-0.2, -0.15) is 0 Å². The highest BCUT2D eigenvalue weighted by molar-refractivity contribution is 7.99. The maximum absolute atomic E-state index is 12.6. The fourth-order valence-electron chi connectivity index (χ4n) is 3.52. The van der Waals surface area contributed by atoms with Crippen molar-refractivity contribution in [1.82, 2.24) is 14.8 Å². The van der Waals surface area contributed by atoms with Gasteiger partial charge in [-0.3, -0.25) is 4.79 Å². The summed E-state index contributed by atoms with van der Waals surface area (Å²) in [6, 6.07) is 12.2. The van der Waals surface area contributed by atoms with E-state index in [-0.39, 0.29) is 11.7 Å². The minimum atomic E-state index is -0.0482. The zero-order chi connectivity index (χ0) is 22.4. The zero-order valence-corrected chi connectivity index (χ0v) is 19.7. The molecule has 31 heavy (non-hydrogen) atoms. The quantitative estimate of drug-likeness (QED) is 0.471. The average Bonchev–Trinajstić information content (AvgIpc) is 3.15. The molecular formula is C24H30N4O2S. The average molecular weight is 439 g/mol. The summed E-state index contributed by atoms with van der Waals surface area (Å²) in [4.78, 5) is 12.6. The largest absolute Gasteiger partial charge is 0.485 e. The summed E-state index contributed by atoms with van der Waals surface area (Å²) in [5.41, 5.74) is 5.31. The highest BCUT2D eigenvalue weighted by Crippen LogP contribution is 2.25. The van der Waals surface area contributed by atoms with Crippen LogP contribution in [0.15, 0.2) is 41.6 Å². The number of rotatable bonds is 9. The van der Waals surface area contributed by atoms with Gasteiger partial charge in [0.2, 0.25) is 5.91 Å². The fraction of sp³-hybridized carbons (Fsp3) is 0.375. The predicted octanol–water partition coefficient (Wildman–Crippen LogP) is 5.10. The van der Waals surface area contributed by atoms with E-state index in [4.69, 9.17) is 4.74 Å².